The molecule has 0 saturated heterocycles. The largest absolute Gasteiger partial charge is 0.300 e. The molecule has 242 valence electrons. The predicted molar refractivity (Wildman–Crippen MR) is 205 cm³/mol. The van der Waals surface area contributed by atoms with Gasteiger partial charge in [0.25, 0.3) is 0 Å². The quantitative estimate of drug-likeness (QED) is 0.210. The molecule has 1 aliphatic heterocycles. The molecule has 0 N–H and O–H groups in total. The average Bonchev–Trinajstić information content (AvgIpc) is 3.25. The van der Waals surface area contributed by atoms with Gasteiger partial charge < -0.3 is 9.80 Å². The van der Waals surface area contributed by atoms with E-state index in [1.807, 2.05) is 0 Å². The third-order valence-electron chi connectivity index (χ3n) is 10.3. The molecule has 0 amide bonds. The van der Waals surface area contributed by atoms with Crippen LogP contribution in [0.25, 0.3) is 0 Å². The summed E-state index contributed by atoms with van der Waals surface area (Å²) in [4.78, 5) is 4.41. The molecule has 0 aliphatic carbocycles. The van der Waals surface area contributed by atoms with Crippen LogP contribution >= 0.6 is 0 Å². The normalized spacial score (nSPS) is 14.4. The van der Waals surface area contributed by atoms with Crippen molar-refractivity contribution in [1.29, 1.82) is 0 Å². The maximum atomic E-state index is 4.06. The van der Waals surface area contributed by atoms with Crippen LogP contribution in [0.2, 0.25) is 33.2 Å². The van der Waals surface area contributed by atoms with Gasteiger partial charge in [-0.05, 0) is 107 Å². The maximum Gasteiger partial charge on any atom is 0.219 e. The fourth-order valence-electron chi connectivity index (χ4n) is 8.38. The minimum absolute atomic E-state index is 0.544. The van der Waals surface area contributed by atoms with E-state index in [0.717, 1.165) is 22.8 Å². The summed E-state index contributed by atoms with van der Waals surface area (Å²) < 4.78 is 0. The van der Waals surface area contributed by atoms with Crippen molar-refractivity contribution in [1.82, 2.24) is 0 Å². The molecule has 0 saturated carbocycles. The number of hydrogen-bond donors (Lipinski definition) is 0. The topological polar surface area (TPSA) is 6.48 Å². The molecule has 1 aliphatic rings. The van der Waals surface area contributed by atoms with Crippen LogP contribution in [0.4, 0.5) is 11.4 Å². The van der Waals surface area contributed by atoms with Crippen LogP contribution in [0, 0.1) is 57.3 Å². The molecule has 0 fully saturated rings. The lowest BCUT2D eigenvalue weighted by atomic mass is 10.1. The van der Waals surface area contributed by atoms with E-state index in [2.05, 4.69) is 187 Å². The summed E-state index contributed by atoms with van der Waals surface area (Å²) in [6, 6.07) is 13.5. The van der Waals surface area contributed by atoms with Crippen molar-refractivity contribution < 1.29 is 0 Å². The number of anilines is 2. The SMILES string of the molecule is Cc1cc(C)cc(N2[C]N(c3cc(C)cc(C)c3)C(C#C[Si](C(C)C)(C(C)C)C(C)C)=C2C#C[Si](C(C)C)(C(C)C)C(C)C)c1. The molecule has 0 aromatic heterocycles. The van der Waals surface area contributed by atoms with Crippen LogP contribution in [0.3, 0.4) is 0 Å². The lowest BCUT2D eigenvalue weighted by Crippen LogP contribution is -2.43. The van der Waals surface area contributed by atoms with Gasteiger partial charge in [0.2, 0.25) is 6.67 Å². The Labute approximate surface area is 280 Å². The summed E-state index contributed by atoms with van der Waals surface area (Å²) in [6.07, 6.45) is 0. The van der Waals surface area contributed by atoms with Crippen molar-refractivity contribution in [2.75, 3.05) is 9.80 Å². The summed E-state index contributed by atoms with van der Waals surface area (Å²) >= 11 is 0. The lowest BCUT2D eigenvalue weighted by molar-refractivity contribution is 0.838. The maximum absolute atomic E-state index is 4.06. The van der Waals surface area contributed by atoms with Crippen LogP contribution in [-0.4, -0.2) is 16.1 Å². The molecule has 0 spiro atoms. The highest BCUT2D eigenvalue weighted by Crippen LogP contribution is 2.44. The number of rotatable bonds is 8. The molecule has 45 heavy (non-hydrogen) atoms. The van der Waals surface area contributed by atoms with Gasteiger partial charge in [0.05, 0.1) is 0 Å². The Morgan fingerprint density at radius 1 is 0.444 bits per heavy atom. The van der Waals surface area contributed by atoms with Crippen molar-refractivity contribution in [2.24, 2.45) is 0 Å². The molecule has 2 radical (unpaired) electrons. The number of aryl methyl sites for hydroxylation is 4. The Hall–Kier alpha value is -2.67. The van der Waals surface area contributed by atoms with E-state index in [1.165, 1.54) is 22.3 Å². The Morgan fingerprint density at radius 3 is 0.911 bits per heavy atom. The molecular formula is C41H60N2Si2. The number of benzene rings is 2. The van der Waals surface area contributed by atoms with Crippen molar-refractivity contribution in [2.45, 2.75) is 144 Å². The Morgan fingerprint density at radius 2 is 0.689 bits per heavy atom. The van der Waals surface area contributed by atoms with Crippen LogP contribution in [0.5, 0.6) is 0 Å². The molecule has 2 aromatic rings. The first kappa shape index (κ1) is 36.8. The highest BCUT2D eigenvalue weighted by atomic mass is 28.3. The third-order valence-corrected chi connectivity index (χ3v) is 22.9. The first-order valence-corrected chi connectivity index (χ1v) is 21.7. The second kappa shape index (κ2) is 14.4. The molecule has 0 unspecified atom stereocenters. The zero-order chi connectivity index (χ0) is 34.0. The highest BCUT2D eigenvalue weighted by molar-refractivity contribution is 6.91. The standard InChI is InChI=1S/C41H60N2Si2/c1-28(2)44(29(3)4,30(5)6)19-17-40-41(18-20-45(31(7)8,32(9)10)33(11)12)43(39-25-36(15)22-37(16)26-39)27-42(40)38-23-34(13)21-35(14)24-38/h21-26,28-33H,1-16H3. The molecule has 2 nitrogen and oxygen atoms in total. The Bertz CT molecular complexity index is 1320. The fraction of sp³-hybridized carbons (Fsp3) is 0.537. The summed E-state index contributed by atoms with van der Waals surface area (Å²) in [7, 11) is -4.03. The number of hydrogen-bond acceptors (Lipinski definition) is 2. The van der Waals surface area contributed by atoms with Gasteiger partial charge in [0.15, 0.2) is 0 Å². The smallest absolute Gasteiger partial charge is 0.219 e. The van der Waals surface area contributed by atoms with Crippen LogP contribution < -0.4 is 9.80 Å². The molecule has 1 heterocycles. The fourth-order valence-corrected chi connectivity index (χ4v) is 18.8. The zero-order valence-electron chi connectivity index (χ0n) is 31.3. The average molecular weight is 637 g/mol. The summed E-state index contributed by atoms with van der Waals surface area (Å²) in [5, 5.41) is 0. The molecule has 2 aromatic carbocycles. The summed E-state index contributed by atoms with van der Waals surface area (Å²) in [5.41, 5.74) is 20.4. The number of nitrogens with zero attached hydrogens (tertiary/aromatic N) is 2. The van der Waals surface area contributed by atoms with Gasteiger partial charge in [-0.25, -0.2) is 0 Å². The van der Waals surface area contributed by atoms with E-state index in [-0.39, 0.29) is 0 Å². The first-order valence-electron chi connectivity index (χ1n) is 17.2. The van der Waals surface area contributed by atoms with E-state index in [4.69, 9.17) is 0 Å². The minimum Gasteiger partial charge on any atom is -0.300 e. The van der Waals surface area contributed by atoms with Gasteiger partial charge in [0, 0.05) is 11.4 Å². The number of allylic oxidation sites excluding steroid dienone is 2. The van der Waals surface area contributed by atoms with Crippen molar-refractivity contribution in [3.8, 4) is 22.9 Å². The summed E-state index contributed by atoms with van der Waals surface area (Å²) in [5.74, 6) is 7.77. The van der Waals surface area contributed by atoms with E-state index in [1.54, 1.807) is 0 Å². The second-order valence-electron chi connectivity index (χ2n) is 15.5. The Kier molecular flexibility index (Phi) is 11.8. The van der Waals surface area contributed by atoms with E-state index >= 15 is 0 Å². The highest BCUT2D eigenvalue weighted by Gasteiger charge is 2.44. The predicted octanol–water partition coefficient (Wildman–Crippen LogP) is 11.9. The van der Waals surface area contributed by atoms with Gasteiger partial charge in [-0.15, -0.1) is 11.1 Å². The first-order chi connectivity index (χ1) is 20.9. The minimum atomic E-state index is -2.02. The Balaban J connectivity index is 2.52. The van der Waals surface area contributed by atoms with Crippen molar-refractivity contribution in [3.05, 3.63) is 76.7 Å². The van der Waals surface area contributed by atoms with E-state index in [9.17, 15) is 0 Å². The van der Waals surface area contributed by atoms with Crippen LogP contribution in [0.15, 0.2) is 47.8 Å². The van der Waals surface area contributed by atoms with Gasteiger partial charge in [0.1, 0.15) is 27.5 Å². The van der Waals surface area contributed by atoms with Crippen molar-refractivity contribution in [3.63, 3.8) is 0 Å². The molecule has 0 atom stereocenters. The lowest BCUT2D eigenvalue weighted by Gasteiger charge is -2.38. The monoisotopic (exact) mass is 636 g/mol. The van der Waals surface area contributed by atoms with Crippen LogP contribution in [-0.2, 0) is 0 Å². The van der Waals surface area contributed by atoms with E-state index < -0.39 is 16.1 Å². The molecule has 4 heteroatoms. The van der Waals surface area contributed by atoms with E-state index in [0.29, 0.717) is 33.2 Å². The van der Waals surface area contributed by atoms with Gasteiger partial charge in [-0.2, -0.15) is 0 Å². The second-order valence-corrected chi connectivity index (χ2v) is 26.6. The van der Waals surface area contributed by atoms with Crippen LogP contribution in [0.1, 0.15) is 105 Å². The van der Waals surface area contributed by atoms with Gasteiger partial charge in [-0.3, -0.25) is 0 Å². The molecule has 0 bridgehead atoms. The molecule has 3 rings (SSSR count). The molecular weight excluding hydrogens is 577 g/mol. The van der Waals surface area contributed by atoms with Gasteiger partial charge in [-0.1, -0.05) is 107 Å². The summed E-state index contributed by atoms with van der Waals surface area (Å²) in [6.45, 7) is 41.2. The third kappa shape index (κ3) is 7.34. The van der Waals surface area contributed by atoms with Gasteiger partial charge >= 0.3 is 0 Å². The van der Waals surface area contributed by atoms with Crippen molar-refractivity contribution >= 4 is 27.5 Å². The zero-order valence-corrected chi connectivity index (χ0v) is 33.3.